The van der Waals surface area contributed by atoms with Crippen LogP contribution in [0.25, 0.3) is 0 Å². The molecule has 0 aliphatic carbocycles. The molecular weight excluding hydrogens is 320 g/mol. The minimum Gasteiger partial charge on any atom is -0.481 e. The van der Waals surface area contributed by atoms with E-state index in [1.807, 2.05) is 13.8 Å². The molecule has 0 fully saturated rings. The van der Waals surface area contributed by atoms with Gasteiger partial charge in [-0.2, -0.15) is 0 Å². The van der Waals surface area contributed by atoms with Crippen molar-refractivity contribution < 1.29 is 19.5 Å². The van der Waals surface area contributed by atoms with Crippen LogP contribution < -0.4 is 10.6 Å². The molecule has 1 rings (SSSR count). The Kier molecular flexibility index (Phi) is 7.15. The summed E-state index contributed by atoms with van der Waals surface area (Å²) >= 11 is 0. The van der Waals surface area contributed by atoms with Gasteiger partial charge >= 0.3 is 5.97 Å². The number of hydrogen-bond acceptors (Lipinski definition) is 3. The number of carbonyl (C=O) groups is 3. The molecule has 0 atom stereocenters. The molecule has 0 saturated carbocycles. The van der Waals surface area contributed by atoms with E-state index in [4.69, 9.17) is 0 Å². The summed E-state index contributed by atoms with van der Waals surface area (Å²) in [5.74, 6) is -1.46. The Morgan fingerprint density at radius 3 is 2.20 bits per heavy atom. The molecular formula is C19H28N2O4. The zero-order chi connectivity index (χ0) is 19.2. The highest BCUT2D eigenvalue weighted by molar-refractivity contribution is 5.98. The van der Waals surface area contributed by atoms with Crippen LogP contribution in [-0.4, -0.2) is 28.9 Å². The van der Waals surface area contributed by atoms with Crippen molar-refractivity contribution >= 4 is 23.5 Å². The molecule has 138 valence electrons. The summed E-state index contributed by atoms with van der Waals surface area (Å²) < 4.78 is 0. The van der Waals surface area contributed by atoms with Crippen LogP contribution >= 0.6 is 0 Å². The summed E-state index contributed by atoms with van der Waals surface area (Å²) in [5.41, 5.74) is 0.797. The Morgan fingerprint density at radius 1 is 1.16 bits per heavy atom. The molecule has 0 bridgehead atoms. The first-order valence-corrected chi connectivity index (χ1v) is 8.60. The standard InChI is InChI=1S/C19H28N2O4/c1-6-19(7-2,18(24)25)11-16(22)21-14-8-9-15(13(5)10-14)17(23)20-12(3)4/h8-10,12H,6-7,11H2,1-5H3,(H,20,23)(H,21,22)(H,24,25). The molecule has 0 radical (unpaired) electrons. The number of benzene rings is 1. The van der Waals surface area contributed by atoms with E-state index < -0.39 is 11.4 Å². The predicted molar refractivity (Wildman–Crippen MR) is 97.7 cm³/mol. The summed E-state index contributed by atoms with van der Waals surface area (Å²) in [6.45, 7) is 9.12. The van der Waals surface area contributed by atoms with Crippen molar-refractivity contribution in [3.05, 3.63) is 29.3 Å². The number of carboxylic acid groups (broad SMARTS) is 1. The number of aliphatic carboxylic acids is 1. The summed E-state index contributed by atoms with van der Waals surface area (Å²) in [6, 6.07) is 5.07. The van der Waals surface area contributed by atoms with Gasteiger partial charge in [-0.3, -0.25) is 14.4 Å². The maximum absolute atomic E-state index is 12.3. The second-order valence-corrected chi connectivity index (χ2v) is 6.68. The zero-order valence-electron chi connectivity index (χ0n) is 15.6. The molecule has 25 heavy (non-hydrogen) atoms. The number of hydrogen-bond donors (Lipinski definition) is 3. The second kappa shape index (κ2) is 8.65. The fraction of sp³-hybridized carbons (Fsp3) is 0.526. The Labute approximate surface area is 149 Å². The van der Waals surface area contributed by atoms with E-state index in [-0.39, 0.29) is 24.3 Å². The fourth-order valence-electron chi connectivity index (χ4n) is 2.73. The zero-order valence-corrected chi connectivity index (χ0v) is 15.6. The first kappa shape index (κ1) is 20.7. The number of anilines is 1. The highest BCUT2D eigenvalue weighted by Crippen LogP contribution is 2.31. The van der Waals surface area contributed by atoms with E-state index in [1.54, 1.807) is 39.0 Å². The maximum Gasteiger partial charge on any atom is 0.310 e. The van der Waals surface area contributed by atoms with Crippen molar-refractivity contribution in [2.75, 3.05) is 5.32 Å². The lowest BCUT2D eigenvalue weighted by Gasteiger charge is -2.25. The monoisotopic (exact) mass is 348 g/mol. The van der Waals surface area contributed by atoms with Crippen LogP contribution in [0.4, 0.5) is 5.69 Å². The van der Waals surface area contributed by atoms with Crippen LogP contribution in [0.2, 0.25) is 0 Å². The summed E-state index contributed by atoms with van der Waals surface area (Å²) in [7, 11) is 0. The molecule has 3 N–H and O–H groups in total. The number of amides is 2. The third-order valence-corrected chi connectivity index (χ3v) is 4.48. The number of aryl methyl sites for hydroxylation is 1. The first-order valence-electron chi connectivity index (χ1n) is 8.60. The Morgan fingerprint density at radius 2 is 1.76 bits per heavy atom. The van der Waals surface area contributed by atoms with Crippen LogP contribution in [0.3, 0.4) is 0 Å². The minimum absolute atomic E-state index is 0.0403. The molecule has 0 unspecified atom stereocenters. The maximum atomic E-state index is 12.3. The van der Waals surface area contributed by atoms with Gasteiger partial charge in [-0.1, -0.05) is 13.8 Å². The minimum atomic E-state index is -1.05. The highest BCUT2D eigenvalue weighted by Gasteiger charge is 2.37. The van der Waals surface area contributed by atoms with Crippen LogP contribution in [0.15, 0.2) is 18.2 Å². The summed E-state index contributed by atoms with van der Waals surface area (Å²) in [4.78, 5) is 35.9. The molecule has 0 aliphatic heterocycles. The number of carbonyl (C=O) groups excluding carboxylic acids is 2. The van der Waals surface area contributed by atoms with Gasteiger partial charge in [-0.05, 0) is 57.4 Å². The SMILES string of the molecule is CCC(CC)(CC(=O)Nc1ccc(C(=O)NC(C)C)c(C)c1)C(=O)O. The van der Waals surface area contributed by atoms with Crippen molar-refractivity contribution in [1.29, 1.82) is 0 Å². The van der Waals surface area contributed by atoms with Gasteiger partial charge in [-0.25, -0.2) is 0 Å². The van der Waals surface area contributed by atoms with E-state index in [1.165, 1.54) is 0 Å². The highest BCUT2D eigenvalue weighted by atomic mass is 16.4. The third kappa shape index (κ3) is 5.31. The summed E-state index contributed by atoms with van der Waals surface area (Å²) in [6.07, 6.45) is 0.698. The fourth-order valence-corrected chi connectivity index (χ4v) is 2.73. The number of rotatable bonds is 8. The van der Waals surface area contributed by atoms with Crippen molar-refractivity contribution in [3.63, 3.8) is 0 Å². The molecule has 0 spiro atoms. The molecule has 0 heterocycles. The predicted octanol–water partition coefficient (Wildman–Crippen LogP) is 3.35. The second-order valence-electron chi connectivity index (χ2n) is 6.68. The molecule has 0 aromatic heterocycles. The topological polar surface area (TPSA) is 95.5 Å². The molecule has 6 heteroatoms. The van der Waals surface area contributed by atoms with Gasteiger partial charge in [0.1, 0.15) is 0 Å². The lowest BCUT2D eigenvalue weighted by molar-refractivity contribution is -0.151. The van der Waals surface area contributed by atoms with Gasteiger partial charge < -0.3 is 15.7 Å². The normalized spacial score (nSPS) is 11.3. The van der Waals surface area contributed by atoms with Crippen molar-refractivity contribution in [2.45, 2.75) is 59.9 Å². The van der Waals surface area contributed by atoms with E-state index in [2.05, 4.69) is 10.6 Å². The molecule has 0 saturated heterocycles. The van der Waals surface area contributed by atoms with Gasteiger partial charge in [0.2, 0.25) is 5.91 Å². The first-order chi connectivity index (χ1) is 11.6. The van der Waals surface area contributed by atoms with Gasteiger partial charge in [0.25, 0.3) is 5.91 Å². The quantitative estimate of drug-likeness (QED) is 0.671. The Balaban J connectivity index is 2.87. The van der Waals surface area contributed by atoms with Gasteiger partial charge in [0.15, 0.2) is 0 Å². The molecule has 2 amide bonds. The largest absolute Gasteiger partial charge is 0.481 e. The van der Waals surface area contributed by atoms with Crippen molar-refractivity contribution in [2.24, 2.45) is 5.41 Å². The summed E-state index contributed by atoms with van der Waals surface area (Å²) in [5, 5.41) is 15.0. The lowest BCUT2D eigenvalue weighted by Crippen LogP contribution is -2.34. The van der Waals surface area contributed by atoms with Crippen molar-refractivity contribution in [3.8, 4) is 0 Å². The van der Waals surface area contributed by atoms with Gasteiger partial charge in [0.05, 0.1) is 5.41 Å². The average molecular weight is 348 g/mol. The van der Waals surface area contributed by atoms with Gasteiger partial charge in [-0.15, -0.1) is 0 Å². The van der Waals surface area contributed by atoms with Crippen LogP contribution in [0, 0.1) is 12.3 Å². The van der Waals surface area contributed by atoms with Crippen molar-refractivity contribution in [1.82, 2.24) is 5.32 Å². The van der Waals surface area contributed by atoms with E-state index in [0.717, 1.165) is 5.56 Å². The van der Waals surface area contributed by atoms with Crippen LogP contribution in [0.5, 0.6) is 0 Å². The van der Waals surface area contributed by atoms with E-state index in [9.17, 15) is 19.5 Å². The van der Waals surface area contributed by atoms with E-state index in [0.29, 0.717) is 24.1 Å². The Bertz CT molecular complexity index is 649. The molecule has 6 nitrogen and oxygen atoms in total. The van der Waals surface area contributed by atoms with E-state index >= 15 is 0 Å². The number of nitrogens with one attached hydrogen (secondary N) is 2. The van der Waals surface area contributed by atoms with Crippen LogP contribution in [0.1, 0.15) is 62.9 Å². The lowest BCUT2D eigenvalue weighted by atomic mass is 9.79. The van der Waals surface area contributed by atoms with Crippen LogP contribution in [-0.2, 0) is 9.59 Å². The Hall–Kier alpha value is -2.37. The van der Waals surface area contributed by atoms with Gasteiger partial charge in [0, 0.05) is 23.7 Å². The third-order valence-electron chi connectivity index (χ3n) is 4.48. The molecule has 1 aromatic rings. The number of carboxylic acids is 1. The molecule has 0 aliphatic rings. The molecule has 1 aromatic carbocycles. The smallest absolute Gasteiger partial charge is 0.310 e. The average Bonchev–Trinajstić information content (AvgIpc) is 2.51.